The number of aromatic hydroxyl groups is 1. The second-order valence-corrected chi connectivity index (χ2v) is 16.2. The summed E-state index contributed by atoms with van der Waals surface area (Å²) in [5, 5.41) is 45.8. The van der Waals surface area contributed by atoms with Gasteiger partial charge in [-0.05, 0) is 61.8 Å². The van der Waals surface area contributed by atoms with Crippen LogP contribution in [0.1, 0.15) is 64.0 Å². The molecule has 0 spiro atoms. The number of nitrogens with zero attached hydrogens (tertiary/aromatic N) is 2. The van der Waals surface area contributed by atoms with Gasteiger partial charge in [-0.2, -0.15) is 0 Å². The molecule has 0 aliphatic carbocycles. The lowest BCUT2D eigenvalue weighted by molar-refractivity contribution is -0.148. The molecule has 2 aromatic carbocycles. The molecule has 8 amide bonds. The molecular formula is C43H58N8O11. The van der Waals surface area contributed by atoms with E-state index in [4.69, 9.17) is 0 Å². The van der Waals surface area contributed by atoms with E-state index in [1.54, 1.807) is 56.3 Å². The molecule has 0 unspecified atom stereocenters. The molecule has 9 atom stereocenters. The van der Waals surface area contributed by atoms with E-state index in [1.807, 2.05) is 0 Å². The first-order valence-corrected chi connectivity index (χ1v) is 21.1. The number of carbonyl (C=O) groups excluding carboxylic acids is 8. The Balaban J connectivity index is 1.50. The van der Waals surface area contributed by atoms with Crippen LogP contribution in [0.2, 0.25) is 0 Å². The van der Waals surface area contributed by atoms with E-state index in [0.717, 1.165) is 0 Å². The van der Waals surface area contributed by atoms with Crippen LogP contribution in [0, 0.1) is 5.92 Å². The van der Waals surface area contributed by atoms with E-state index in [9.17, 15) is 53.7 Å². The molecule has 2 aromatic rings. The molecule has 0 saturated carbocycles. The third-order valence-electron chi connectivity index (χ3n) is 11.7. The Hall–Kier alpha value is -6.08. The largest absolute Gasteiger partial charge is 0.508 e. The zero-order valence-corrected chi connectivity index (χ0v) is 35.2. The number of phenolic OH excluding ortho intramolecular Hbond substituents is 1. The molecule has 5 rings (SSSR count). The lowest BCUT2D eigenvalue weighted by Crippen LogP contribution is -2.62. The summed E-state index contributed by atoms with van der Waals surface area (Å²) in [6.07, 6.45) is 1.69. The SMILES string of the molecule is CC[C@H](C)[C@@H]1NC(=O)[C@@H]2CCCN2C(=O)[C@@H]2CCCN2C(=O)[C@H](Cc2ccc(O)cc2)NC(=O)[C@H](CO)NC(=O)[C@H](C)NC(=O)[C@H](Cc2ccccc2)NC(=O)[C@H](CO)NC1=O. The topological polar surface area (TPSA) is 276 Å². The number of hydrogen-bond acceptors (Lipinski definition) is 11. The van der Waals surface area contributed by atoms with Crippen molar-refractivity contribution in [3.05, 3.63) is 65.7 Å². The van der Waals surface area contributed by atoms with Crippen LogP contribution >= 0.6 is 0 Å². The Kier molecular flexibility index (Phi) is 16.4. The van der Waals surface area contributed by atoms with E-state index in [-0.39, 0.29) is 44.5 Å². The van der Waals surface area contributed by atoms with Gasteiger partial charge in [0, 0.05) is 25.9 Å². The highest BCUT2D eigenvalue weighted by molar-refractivity contribution is 5.99. The van der Waals surface area contributed by atoms with Gasteiger partial charge in [-0.15, -0.1) is 0 Å². The smallest absolute Gasteiger partial charge is 0.246 e. The fraction of sp³-hybridized carbons (Fsp3) is 0.535. The molecule has 19 heteroatoms. The van der Waals surface area contributed by atoms with Gasteiger partial charge < -0.3 is 57.0 Å². The van der Waals surface area contributed by atoms with Crippen LogP contribution < -0.4 is 31.9 Å². The van der Waals surface area contributed by atoms with E-state index in [1.165, 1.54) is 28.9 Å². The quantitative estimate of drug-likeness (QED) is 0.142. The molecule has 19 nitrogen and oxygen atoms in total. The standard InChI is InChI=1S/C43H58N8O11/c1-4-24(2)35-41(60)48-32(23-53)38(57)45-29(20-26-10-6-5-7-11-26)37(56)44-25(3)36(55)47-31(22-52)39(58)46-30(21-27-14-16-28(54)17-15-27)42(61)51-19-9-13-34(51)43(62)50-18-8-12-33(50)40(59)49-35/h5-7,10-11,14-17,24-25,29-35,52-54H,4,8-9,12-13,18-23H2,1-3H3,(H,44,56)(H,45,57)(H,46,58)(H,47,55)(H,48,60)(H,49,59)/t24-,25-,29-,30-,31-,32-,33-,34-,35-/m0/s1. The Bertz CT molecular complexity index is 1950. The molecule has 0 aromatic heterocycles. The Morgan fingerprint density at radius 2 is 1.08 bits per heavy atom. The monoisotopic (exact) mass is 862 g/mol. The molecule has 62 heavy (non-hydrogen) atoms. The molecule has 3 aliphatic rings. The maximum atomic E-state index is 14.4. The lowest BCUT2D eigenvalue weighted by Gasteiger charge is -2.34. The summed E-state index contributed by atoms with van der Waals surface area (Å²) in [6, 6.07) is 4.18. The van der Waals surface area contributed by atoms with Gasteiger partial charge in [0.1, 0.15) is 54.1 Å². The van der Waals surface area contributed by atoms with Gasteiger partial charge in [0.05, 0.1) is 13.2 Å². The van der Waals surface area contributed by atoms with Gasteiger partial charge in [-0.1, -0.05) is 62.7 Å². The molecular weight excluding hydrogens is 805 g/mol. The number of phenols is 1. The van der Waals surface area contributed by atoms with Gasteiger partial charge in [0.15, 0.2) is 0 Å². The number of aliphatic hydroxyl groups excluding tert-OH is 2. The van der Waals surface area contributed by atoms with Crippen molar-refractivity contribution >= 4 is 47.3 Å². The second kappa shape index (κ2) is 21.6. The predicted molar refractivity (Wildman–Crippen MR) is 222 cm³/mol. The van der Waals surface area contributed by atoms with E-state index < -0.39 is 115 Å². The van der Waals surface area contributed by atoms with Crippen LogP contribution in [-0.4, -0.2) is 147 Å². The summed E-state index contributed by atoms with van der Waals surface area (Å²) >= 11 is 0. The van der Waals surface area contributed by atoms with Crippen molar-refractivity contribution in [3.63, 3.8) is 0 Å². The van der Waals surface area contributed by atoms with Gasteiger partial charge in [-0.25, -0.2) is 0 Å². The van der Waals surface area contributed by atoms with Crippen LogP contribution in [0.3, 0.4) is 0 Å². The van der Waals surface area contributed by atoms with Crippen molar-refractivity contribution in [1.82, 2.24) is 41.7 Å². The molecule has 3 saturated heterocycles. The fourth-order valence-electron chi connectivity index (χ4n) is 7.93. The van der Waals surface area contributed by atoms with Crippen LogP contribution in [-0.2, 0) is 51.2 Å². The van der Waals surface area contributed by atoms with Gasteiger partial charge in [0.2, 0.25) is 47.3 Å². The third kappa shape index (κ3) is 11.6. The lowest BCUT2D eigenvalue weighted by atomic mass is 9.97. The number of nitrogens with one attached hydrogen (secondary N) is 6. The van der Waals surface area contributed by atoms with Crippen molar-refractivity contribution in [1.29, 1.82) is 0 Å². The molecule has 336 valence electrons. The maximum Gasteiger partial charge on any atom is 0.246 e. The summed E-state index contributed by atoms with van der Waals surface area (Å²) < 4.78 is 0. The first kappa shape index (κ1) is 47.0. The molecule has 9 N–H and O–H groups in total. The van der Waals surface area contributed by atoms with E-state index >= 15 is 0 Å². The minimum atomic E-state index is -1.60. The Morgan fingerprint density at radius 3 is 1.68 bits per heavy atom. The van der Waals surface area contributed by atoms with Crippen LogP contribution in [0.15, 0.2) is 54.6 Å². The first-order chi connectivity index (χ1) is 29.6. The fourth-order valence-corrected chi connectivity index (χ4v) is 7.93. The zero-order chi connectivity index (χ0) is 45.1. The normalized spacial score (nSPS) is 28.0. The average molecular weight is 863 g/mol. The zero-order valence-electron chi connectivity index (χ0n) is 35.2. The van der Waals surface area contributed by atoms with Crippen molar-refractivity contribution < 1.29 is 53.7 Å². The first-order valence-electron chi connectivity index (χ1n) is 21.1. The van der Waals surface area contributed by atoms with Crippen molar-refractivity contribution in [3.8, 4) is 5.75 Å². The number of fused-ring (bicyclic) bond motifs is 2. The summed E-state index contributed by atoms with van der Waals surface area (Å²) in [5.74, 6) is -6.60. The van der Waals surface area contributed by atoms with Crippen LogP contribution in [0.25, 0.3) is 0 Å². The average Bonchev–Trinajstić information content (AvgIpc) is 3.97. The number of rotatable bonds is 8. The summed E-state index contributed by atoms with van der Waals surface area (Å²) in [5.41, 5.74) is 1.16. The van der Waals surface area contributed by atoms with Crippen molar-refractivity contribution in [2.75, 3.05) is 26.3 Å². The molecule has 3 aliphatic heterocycles. The van der Waals surface area contributed by atoms with Gasteiger partial charge in [0.25, 0.3) is 0 Å². The summed E-state index contributed by atoms with van der Waals surface area (Å²) in [6.45, 7) is 3.42. The number of benzene rings is 2. The van der Waals surface area contributed by atoms with Crippen LogP contribution in [0.4, 0.5) is 0 Å². The highest BCUT2D eigenvalue weighted by atomic mass is 16.3. The number of hydrogen-bond donors (Lipinski definition) is 9. The summed E-state index contributed by atoms with van der Waals surface area (Å²) in [7, 11) is 0. The minimum absolute atomic E-state index is 0.0317. The van der Waals surface area contributed by atoms with E-state index in [0.29, 0.717) is 30.4 Å². The van der Waals surface area contributed by atoms with Crippen molar-refractivity contribution in [2.24, 2.45) is 5.92 Å². The van der Waals surface area contributed by atoms with Gasteiger partial charge in [-0.3, -0.25) is 38.4 Å². The highest BCUT2D eigenvalue weighted by Gasteiger charge is 2.45. The minimum Gasteiger partial charge on any atom is -0.508 e. The summed E-state index contributed by atoms with van der Waals surface area (Å²) in [4.78, 5) is 114. The molecule has 0 bridgehead atoms. The Morgan fingerprint density at radius 1 is 0.581 bits per heavy atom. The highest BCUT2D eigenvalue weighted by Crippen LogP contribution is 2.27. The Labute approximate surface area is 359 Å². The second-order valence-electron chi connectivity index (χ2n) is 16.2. The molecule has 3 fully saturated rings. The number of carbonyl (C=O) groups is 8. The third-order valence-corrected chi connectivity index (χ3v) is 11.7. The number of aliphatic hydroxyl groups is 2. The molecule has 0 radical (unpaired) electrons. The molecule has 3 heterocycles. The van der Waals surface area contributed by atoms with Crippen molar-refractivity contribution in [2.45, 2.75) is 114 Å². The maximum absolute atomic E-state index is 14.4. The van der Waals surface area contributed by atoms with Crippen LogP contribution in [0.5, 0.6) is 5.75 Å². The van der Waals surface area contributed by atoms with E-state index in [2.05, 4.69) is 31.9 Å². The van der Waals surface area contributed by atoms with Gasteiger partial charge >= 0.3 is 0 Å². The predicted octanol–water partition coefficient (Wildman–Crippen LogP) is -1.87. The number of amides is 8.